The lowest BCUT2D eigenvalue weighted by molar-refractivity contribution is 0.436. The Hall–Kier alpha value is -1.32. The van der Waals surface area contributed by atoms with Crippen LogP contribution in [0.5, 0.6) is 0 Å². The van der Waals surface area contributed by atoms with Crippen molar-refractivity contribution in [3.63, 3.8) is 0 Å². The van der Waals surface area contributed by atoms with E-state index < -0.39 is 0 Å². The van der Waals surface area contributed by atoms with Gasteiger partial charge >= 0.3 is 0 Å². The first-order valence-electron chi connectivity index (χ1n) is 6.03. The molecule has 1 fully saturated rings. The highest BCUT2D eigenvalue weighted by Gasteiger charge is 2.16. The highest BCUT2D eigenvalue weighted by atomic mass is 15.1. The lowest BCUT2D eigenvalue weighted by atomic mass is 9.88. The number of aliphatic imine (C=N–C) groups is 1. The molecule has 2 rings (SSSR count). The quantitative estimate of drug-likeness (QED) is 0.624. The zero-order chi connectivity index (χ0) is 11.4. The molecule has 4 nitrogen and oxygen atoms in total. The molecule has 0 amide bonds. The number of nitrogens with zero attached hydrogens (tertiary/aromatic N) is 3. The number of hydrogen-bond donors (Lipinski definition) is 1. The zero-order valence-electron chi connectivity index (χ0n) is 9.89. The average Bonchev–Trinajstić information content (AvgIpc) is 2.73. The van der Waals surface area contributed by atoms with Crippen molar-refractivity contribution in [3.8, 4) is 0 Å². The fourth-order valence-electron chi connectivity index (χ4n) is 2.24. The van der Waals surface area contributed by atoms with Crippen molar-refractivity contribution in [1.29, 1.82) is 0 Å². The zero-order valence-corrected chi connectivity index (χ0v) is 9.89. The molecule has 0 spiro atoms. The summed E-state index contributed by atoms with van der Waals surface area (Å²) in [5.41, 5.74) is 6.03. The van der Waals surface area contributed by atoms with E-state index in [9.17, 15) is 0 Å². The van der Waals surface area contributed by atoms with Crippen molar-refractivity contribution in [1.82, 2.24) is 9.55 Å². The molecule has 16 heavy (non-hydrogen) atoms. The van der Waals surface area contributed by atoms with Gasteiger partial charge in [-0.2, -0.15) is 0 Å². The summed E-state index contributed by atoms with van der Waals surface area (Å²) in [7, 11) is 1.98. The Morgan fingerprint density at radius 3 is 2.88 bits per heavy atom. The maximum Gasteiger partial charge on any atom is 0.130 e. The average molecular weight is 220 g/mol. The van der Waals surface area contributed by atoms with Gasteiger partial charge in [0.1, 0.15) is 5.82 Å². The molecule has 0 atom stereocenters. The van der Waals surface area contributed by atoms with E-state index in [1.165, 1.54) is 32.1 Å². The Morgan fingerprint density at radius 2 is 2.25 bits per heavy atom. The van der Waals surface area contributed by atoms with Crippen LogP contribution in [0, 0.1) is 5.92 Å². The van der Waals surface area contributed by atoms with E-state index in [1.54, 1.807) is 6.20 Å². The van der Waals surface area contributed by atoms with Crippen LogP contribution in [0.3, 0.4) is 0 Å². The second-order valence-corrected chi connectivity index (χ2v) is 4.53. The normalized spacial score (nSPS) is 18.9. The maximum atomic E-state index is 6.03. The largest absolute Gasteiger partial charge is 0.387 e. The van der Waals surface area contributed by atoms with Gasteiger partial charge in [0.2, 0.25) is 0 Å². The lowest BCUT2D eigenvalue weighted by Gasteiger charge is -2.20. The Morgan fingerprint density at radius 1 is 1.50 bits per heavy atom. The smallest absolute Gasteiger partial charge is 0.130 e. The van der Waals surface area contributed by atoms with Gasteiger partial charge in [-0.3, -0.25) is 4.99 Å². The van der Waals surface area contributed by atoms with Gasteiger partial charge in [-0.25, -0.2) is 4.98 Å². The summed E-state index contributed by atoms with van der Waals surface area (Å²) in [6.07, 6.45) is 10.1. The number of hydrogen-bond acceptors (Lipinski definition) is 2. The van der Waals surface area contributed by atoms with E-state index in [1.807, 2.05) is 17.8 Å². The Balaban J connectivity index is 1.93. The number of amidine groups is 1. The van der Waals surface area contributed by atoms with Crippen LogP contribution in [-0.2, 0) is 13.6 Å². The summed E-state index contributed by atoms with van der Waals surface area (Å²) in [4.78, 5) is 8.70. The van der Waals surface area contributed by atoms with Crippen LogP contribution >= 0.6 is 0 Å². The molecule has 1 aliphatic carbocycles. The third-order valence-electron chi connectivity index (χ3n) is 3.35. The standard InChI is InChI=1S/C12H20N4/c1-16-8-7-14-11(16)9-15-12(13)10-5-3-2-4-6-10/h7-8,10H,2-6,9H2,1H3,(H2,13,15). The summed E-state index contributed by atoms with van der Waals surface area (Å²) >= 11 is 0. The number of rotatable bonds is 3. The van der Waals surface area contributed by atoms with E-state index in [4.69, 9.17) is 5.73 Å². The molecule has 88 valence electrons. The van der Waals surface area contributed by atoms with Gasteiger partial charge in [-0.05, 0) is 12.8 Å². The molecule has 1 aliphatic rings. The van der Waals surface area contributed by atoms with Crippen molar-refractivity contribution in [2.24, 2.45) is 23.7 Å². The van der Waals surface area contributed by atoms with Gasteiger partial charge in [0.25, 0.3) is 0 Å². The van der Waals surface area contributed by atoms with Gasteiger partial charge in [0, 0.05) is 25.4 Å². The minimum atomic E-state index is 0.508. The monoisotopic (exact) mass is 220 g/mol. The van der Waals surface area contributed by atoms with E-state index in [0.29, 0.717) is 12.5 Å². The minimum absolute atomic E-state index is 0.508. The highest BCUT2D eigenvalue weighted by molar-refractivity contribution is 5.82. The second-order valence-electron chi connectivity index (χ2n) is 4.53. The van der Waals surface area contributed by atoms with Crippen LogP contribution in [0.15, 0.2) is 17.4 Å². The van der Waals surface area contributed by atoms with Gasteiger partial charge < -0.3 is 10.3 Å². The Kier molecular flexibility index (Phi) is 3.59. The number of imidazole rings is 1. The fourth-order valence-corrected chi connectivity index (χ4v) is 2.24. The maximum absolute atomic E-state index is 6.03. The molecule has 0 aliphatic heterocycles. The van der Waals surface area contributed by atoms with Crippen molar-refractivity contribution >= 4 is 5.84 Å². The molecule has 1 aromatic rings. The molecule has 0 radical (unpaired) electrons. The topological polar surface area (TPSA) is 56.2 Å². The molecule has 4 heteroatoms. The highest BCUT2D eigenvalue weighted by Crippen LogP contribution is 2.23. The summed E-state index contributed by atoms with van der Waals surface area (Å²) < 4.78 is 1.98. The predicted molar refractivity (Wildman–Crippen MR) is 65.1 cm³/mol. The molecule has 0 aromatic carbocycles. The first-order valence-corrected chi connectivity index (χ1v) is 6.03. The Bertz CT molecular complexity index is 361. The van der Waals surface area contributed by atoms with Gasteiger partial charge in [0.15, 0.2) is 0 Å². The van der Waals surface area contributed by atoms with E-state index >= 15 is 0 Å². The van der Waals surface area contributed by atoms with Crippen molar-refractivity contribution in [2.45, 2.75) is 38.6 Å². The number of nitrogens with two attached hydrogens (primary N) is 1. The van der Waals surface area contributed by atoms with Crippen molar-refractivity contribution in [3.05, 3.63) is 18.2 Å². The molecule has 2 N–H and O–H groups in total. The molecule has 1 aromatic heterocycles. The van der Waals surface area contributed by atoms with Crippen LogP contribution in [-0.4, -0.2) is 15.4 Å². The summed E-state index contributed by atoms with van der Waals surface area (Å²) in [5, 5.41) is 0. The molecule has 1 saturated carbocycles. The summed E-state index contributed by atoms with van der Waals surface area (Å²) in [6.45, 7) is 0.603. The summed E-state index contributed by atoms with van der Waals surface area (Å²) in [6, 6.07) is 0. The predicted octanol–water partition coefficient (Wildman–Crippen LogP) is 1.86. The third kappa shape index (κ3) is 2.62. The minimum Gasteiger partial charge on any atom is -0.387 e. The van der Waals surface area contributed by atoms with Gasteiger partial charge in [-0.15, -0.1) is 0 Å². The van der Waals surface area contributed by atoms with E-state index in [0.717, 1.165) is 11.7 Å². The third-order valence-corrected chi connectivity index (χ3v) is 3.35. The number of aromatic nitrogens is 2. The van der Waals surface area contributed by atoms with Crippen molar-refractivity contribution < 1.29 is 0 Å². The van der Waals surface area contributed by atoms with Gasteiger partial charge in [-0.1, -0.05) is 19.3 Å². The van der Waals surface area contributed by atoms with Crippen LogP contribution in [0.1, 0.15) is 37.9 Å². The molecule has 0 saturated heterocycles. The number of aryl methyl sites for hydroxylation is 1. The molecule has 0 bridgehead atoms. The lowest BCUT2D eigenvalue weighted by Crippen LogP contribution is -2.26. The second kappa shape index (κ2) is 5.14. The first-order chi connectivity index (χ1) is 7.77. The van der Waals surface area contributed by atoms with Crippen molar-refractivity contribution in [2.75, 3.05) is 0 Å². The van der Waals surface area contributed by atoms with Crippen LogP contribution in [0.4, 0.5) is 0 Å². The van der Waals surface area contributed by atoms with Crippen LogP contribution in [0.25, 0.3) is 0 Å². The molecular weight excluding hydrogens is 200 g/mol. The summed E-state index contributed by atoms with van der Waals surface area (Å²) in [5.74, 6) is 2.30. The van der Waals surface area contributed by atoms with E-state index in [2.05, 4.69) is 9.98 Å². The first kappa shape index (κ1) is 11.2. The van der Waals surface area contributed by atoms with Crippen LogP contribution in [0.2, 0.25) is 0 Å². The molecule has 0 unspecified atom stereocenters. The fraction of sp³-hybridized carbons (Fsp3) is 0.667. The van der Waals surface area contributed by atoms with Gasteiger partial charge in [0.05, 0.1) is 12.4 Å². The SMILES string of the molecule is Cn1ccnc1CN=C(N)C1CCCCC1. The molecule has 1 heterocycles. The Labute approximate surface area is 96.6 Å². The van der Waals surface area contributed by atoms with Crippen LogP contribution < -0.4 is 5.73 Å². The molecular formula is C12H20N4. The van der Waals surface area contributed by atoms with E-state index in [-0.39, 0.29) is 0 Å².